The zero-order chi connectivity index (χ0) is 24.7. The van der Waals surface area contributed by atoms with E-state index in [2.05, 4.69) is 5.32 Å². The molecule has 0 bridgehead atoms. The van der Waals surface area contributed by atoms with Crippen LogP contribution in [-0.4, -0.2) is 41.6 Å². The molecule has 0 aliphatic carbocycles. The van der Waals surface area contributed by atoms with Crippen molar-refractivity contribution in [1.29, 1.82) is 0 Å². The van der Waals surface area contributed by atoms with Crippen LogP contribution in [0.25, 0.3) is 0 Å². The molecule has 0 aromatic heterocycles. The van der Waals surface area contributed by atoms with Crippen molar-refractivity contribution in [3.63, 3.8) is 0 Å². The Morgan fingerprint density at radius 3 is 2.06 bits per heavy atom. The zero-order valence-electron chi connectivity index (χ0n) is 18.6. The van der Waals surface area contributed by atoms with Crippen LogP contribution >= 0.6 is 23.2 Å². The average Bonchev–Trinajstić information content (AvgIpc) is 2.84. The predicted octanol–water partition coefficient (Wildman–Crippen LogP) is 4.56. The summed E-state index contributed by atoms with van der Waals surface area (Å²) in [6.45, 7) is -0.0791. The van der Waals surface area contributed by atoms with Crippen molar-refractivity contribution in [1.82, 2.24) is 5.32 Å². The lowest BCUT2D eigenvalue weighted by atomic mass is 10.1. The maximum Gasteiger partial charge on any atom is 0.264 e. The third kappa shape index (κ3) is 6.34. The monoisotopic (exact) mass is 522 g/mol. The summed E-state index contributed by atoms with van der Waals surface area (Å²) >= 11 is 11.9. The van der Waals surface area contributed by atoms with Gasteiger partial charge in [-0.05, 0) is 60.5 Å². The number of hydrogen-bond acceptors (Lipinski definition) is 5. The van der Waals surface area contributed by atoms with Gasteiger partial charge in [0.25, 0.3) is 10.0 Å². The lowest BCUT2D eigenvalue weighted by molar-refractivity contribution is -0.119. The average molecular weight is 523 g/mol. The molecule has 10 heteroatoms. The number of nitrogens with one attached hydrogen (secondary N) is 1. The van der Waals surface area contributed by atoms with E-state index in [9.17, 15) is 13.2 Å². The van der Waals surface area contributed by atoms with Gasteiger partial charge in [0.15, 0.2) is 11.5 Å². The molecule has 0 unspecified atom stereocenters. The molecule has 1 amide bonds. The van der Waals surface area contributed by atoms with Crippen LogP contribution in [0.1, 0.15) is 5.56 Å². The molecule has 0 fully saturated rings. The van der Waals surface area contributed by atoms with E-state index in [0.717, 1.165) is 9.87 Å². The van der Waals surface area contributed by atoms with Crippen LogP contribution in [-0.2, 0) is 21.2 Å². The molecule has 34 heavy (non-hydrogen) atoms. The molecule has 0 spiro atoms. The Morgan fingerprint density at radius 2 is 1.47 bits per heavy atom. The summed E-state index contributed by atoms with van der Waals surface area (Å²) in [6.07, 6.45) is 0.576. The highest BCUT2D eigenvalue weighted by molar-refractivity contribution is 7.92. The number of ether oxygens (including phenoxy) is 2. The Balaban J connectivity index is 1.82. The molecule has 0 saturated heterocycles. The highest BCUT2D eigenvalue weighted by Crippen LogP contribution is 2.32. The Morgan fingerprint density at radius 1 is 0.882 bits per heavy atom. The number of carbonyl (C=O) groups is 1. The number of carbonyl (C=O) groups excluding carboxylic acids is 1. The van der Waals surface area contributed by atoms with Crippen molar-refractivity contribution in [2.75, 3.05) is 31.6 Å². The number of rotatable bonds is 10. The van der Waals surface area contributed by atoms with Crippen molar-refractivity contribution in [3.05, 3.63) is 82.3 Å². The second-order valence-electron chi connectivity index (χ2n) is 7.23. The molecule has 180 valence electrons. The van der Waals surface area contributed by atoms with E-state index < -0.39 is 22.5 Å². The first kappa shape index (κ1) is 25.7. The number of halogens is 2. The van der Waals surface area contributed by atoms with Crippen LogP contribution in [0.15, 0.2) is 71.6 Å². The number of methoxy groups -OCH3 is 2. The van der Waals surface area contributed by atoms with Gasteiger partial charge in [0.1, 0.15) is 6.54 Å². The van der Waals surface area contributed by atoms with Crippen molar-refractivity contribution in [2.45, 2.75) is 11.3 Å². The van der Waals surface area contributed by atoms with E-state index in [1.807, 2.05) is 12.1 Å². The van der Waals surface area contributed by atoms with Crippen molar-refractivity contribution < 1.29 is 22.7 Å². The summed E-state index contributed by atoms with van der Waals surface area (Å²) in [5.41, 5.74) is 1.30. The molecule has 0 aliphatic heterocycles. The highest BCUT2D eigenvalue weighted by Gasteiger charge is 2.28. The van der Waals surface area contributed by atoms with Gasteiger partial charge in [-0.3, -0.25) is 9.10 Å². The molecule has 0 atom stereocenters. The Hall–Kier alpha value is -2.94. The number of hydrogen-bond donors (Lipinski definition) is 1. The normalized spacial score (nSPS) is 11.1. The Bertz CT molecular complexity index is 1230. The predicted molar refractivity (Wildman–Crippen MR) is 134 cm³/mol. The third-order valence-corrected chi connectivity index (χ3v) is 7.27. The van der Waals surface area contributed by atoms with E-state index >= 15 is 0 Å². The standard InChI is InChI=1S/C24H24Cl2N2O5S/c1-32-22-12-11-21(15-23(22)33-2)34(30,31)28(20-9-7-19(26)8-10-20)16-24(29)27-14-13-17-3-5-18(25)6-4-17/h3-12,15H,13-14,16H2,1-2H3,(H,27,29). The molecule has 0 aliphatic rings. The van der Waals surface area contributed by atoms with Crippen LogP contribution in [0.5, 0.6) is 11.5 Å². The van der Waals surface area contributed by atoms with E-state index in [0.29, 0.717) is 34.4 Å². The van der Waals surface area contributed by atoms with E-state index in [4.69, 9.17) is 32.7 Å². The van der Waals surface area contributed by atoms with Gasteiger partial charge >= 0.3 is 0 Å². The van der Waals surface area contributed by atoms with Crippen molar-refractivity contribution in [3.8, 4) is 11.5 Å². The SMILES string of the molecule is COc1ccc(S(=O)(=O)N(CC(=O)NCCc2ccc(Cl)cc2)c2ccc(Cl)cc2)cc1OC. The molecule has 0 radical (unpaired) electrons. The van der Waals surface area contributed by atoms with Crippen molar-refractivity contribution >= 4 is 44.8 Å². The number of nitrogens with zero attached hydrogens (tertiary/aromatic N) is 1. The second-order valence-corrected chi connectivity index (χ2v) is 9.97. The van der Waals surface area contributed by atoms with E-state index in [-0.39, 0.29) is 10.6 Å². The van der Waals surface area contributed by atoms with Crippen LogP contribution in [0.2, 0.25) is 10.0 Å². The molecular weight excluding hydrogens is 499 g/mol. The fourth-order valence-corrected chi connectivity index (χ4v) is 4.90. The van der Waals surface area contributed by atoms with Gasteiger partial charge in [-0.1, -0.05) is 35.3 Å². The first-order chi connectivity index (χ1) is 16.2. The Labute approximate surface area is 209 Å². The first-order valence-corrected chi connectivity index (χ1v) is 12.5. The van der Waals surface area contributed by atoms with Gasteiger partial charge in [-0.2, -0.15) is 0 Å². The summed E-state index contributed by atoms with van der Waals surface area (Å²) in [4.78, 5) is 12.7. The summed E-state index contributed by atoms with van der Waals surface area (Å²) in [7, 11) is -1.25. The fourth-order valence-electron chi connectivity index (χ4n) is 3.21. The maximum absolute atomic E-state index is 13.6. The summed E-state index contributed by atoms with van der Waals surface area (Å²) < 4.78 is 38.6. The quantitative estimate of drug-likeness (QED) is 0.421. The van der Waals surface area contributed by atoms with E-state index in [1.54, 1.807) is 36.4 Å². The minimum atomic E-state index is -4.12. The molecule has 3 aromatic carbocycles. The van der Waals surface area contributed by atoms with Gasteiger partial charge in [0.2, 0.25) is 5.91 Å². The fraction of sp³-hybridized carbons (Fsp3) is 0.208. The second kappa shape index (κ2) is 11.5. The number of sulfonamides is 1. The maximum atomic E-state index is 13.6. The van der Waals surface area contributed by atoms with Gasteiger partial charge in [0, 0.05) is 22.7 Å². The Kier molecular flexibility index (Phi) is 8.66. The molecule has 3 rings (SSSR count). The molecular formula is C24H24Cl2N2O5S. The summed E-state index contributed by atoms with van der Waals surface area (Å²) in [6, 6.07) is 17.8. The molecule has 1 N–H and O–H groups in total. The van der Waals surface area contributed by atoms with Crippen LogP contribution < -0.4 is 19.1 Å². The molecule has 0 saturated carbocycles. The van der Waals surface area contributed by atoms with E-state index in [1.165, 1.54) is 32.4 Å². The van der Waals surface area contributed by atoms with Crippen LogP contribution in [0.4, 0.5) is 5.69 Å². The lowest BCUT2D eigenvalue weighted by Crippen LogP contribution is -2.41. The summed E-state index contributed by atoms with van der Waals surface area (Å²) in [5.74, 6) is 0.194. The smallest absolute Gasteiger partial charge is 0.264 e. The first-order valence-electron chi connectivity index (χ1n) is 10.3. The van der Waals surface area contributed by atoms with Gasteiger partial charge in [0.05, 0.1) is 24.8 Å². The topological polar surface area (TPSA) is 84.9 Å². The number of amides is 1. The van der Waals surface area contributed by atoms with Gasteiger partial charge < -0.3 is 14.8 Å². The molecule has 7 nitrogen and oxygen atoms in total. The largest absolute Gasteiger partial charge is 0.493 e. The summed E-state index contributed by atoms with van der Waals surface area (Å²) in [5, 5.41) is 3.85. The van der Waals surface area contributed by atoms with Gasteiger partial charge in [-0.15, -0.1) is 0 Å². The zero-order valence-corrected chi connectivity index (χ0v) is 21.0. The highest BCUT2D eigenvalue weighted by atomic mass is 35.5. The van der Waals surface area contributed by atoms with Crippen LogP contribution in [0, 0.1) is 0 Å². The lowest BCUT2D eigenvalue weighted by Gasteiger charge is -2.24. The van der Waals surface area contributed by atoms with Crippen molar-refractivity contribution in [2.24, 2.45) is 0 Å². The van der Waals surface area contributed by atoms with Crippen LogP contribution in [0.3, 0.4) is 0 Å². The molecule has 3 aromatic rings. The number of anilines is 1. The number of benzene rings is 3. The van der Waals surface area contributed by atoms with Gasteiger partial charge in [-0.25, -0.2) is 8.42 Å². The minimum absolute atomic E-state index is 0.0472. The minimum Gasteiger partial charge on any atom is -0.493 e. The molecule has 0 heterocycles. The third-order valence-electron chi connectivity index (χ3n) is 4.99.